The van der Waals surface area contributed by atoms with Crippen LogP contribution < -0.4 is 0 Å². The number of hydrogen-bond acceptors (Lipinski definition) is 4. The molecule has 21 heavy (non-hydrogen) atoms. The maximum atomic E-state index is 5.07. The van der Waals surface area contributed by atoms with Crippen molar-refractivity contribution in [3.05, 3.63) is 56.2 Å². The Kier molecular flexibility index (Phi) is 3.98. The molecule has 0 aliphatic carbocycles. The highest BCUT2D eigenvalue weighted by Gasteiger charge is 2.13. The first-order chi connectivity index (χ1) is 10.1. The van der Waals surface area contributed by atoms with Crippen LogP contribution in [0, 0.1) is 17.8 Å². The van der Waals surface area contributed by atoms with E-state index in [1.54, 1.807) is 11.3 Å². The van der Waals surface area contributed by atoms with Gasteiger partial charge in [0.1, 0.15) is 5.01 Å². The molecule has 0 aliphatic rings. The summed E-state index contributed by atoms with van der Waals surface area (Å²) in [6.07, 6.45) is 1.82. The molecular weight excluding hydrogens is 300 g/mol. The highest BCUT2D eigenvalue weighted by molar-refractivity contribution is 7.73. The number of H-pyrrole nitrogens is 1. The van der Waals surface area contributed by atoms with E-state index in [1.807, 2.05) is 22.9 Å². The topological polar surface area (TPSA) is 46.5 Å². The first-order valence-corrected chi connectivity index (χ1v) is 8.02. The second kappa shape index (κ2) is 5.91. The highest BCUT2D eigenvalue weighted by atomic mass is 32.1. The van der Waals surface area contributed by atoms with Gasteiger partial charge in [0, 0.05) is 12.1 Å². The number of nitrogens with zero attached hydrogens (tertiary/aromatic N) is 3. The fraction of sp³-hybridized carbons (Fsp3) is 0.267. The Morgan fingerprint density at radius 3 is 2.62 bits per heavy atom. The van der Waals surface area contributed by atoms with Crippen LogP contribution in [0.2, 0.25) is 0 Å². The predicted molar refractivity (Wildman–Crippen MR) is 87.7 cm³/mol. The van der Waals surface area contributed by atoms with Gasteiger partial charge < -0.3 is 0 Å². The normalized spacial score (nSPS) is 11.0. The minimum Gasteiger partial charge on any atom is -0.258 e. The van der Waals surface area contributed by atoms with Crippen LogP contribution >= 0.6 is 23.6 Å². The smallest absolute Gasteiger partial charge is 0.176 e. The lowest BCUT2D eigenvalue weighted by atomic mass is 10.1. The van der Waals surface area contributed by atoms with E-state index in [2.05, 4.69) is 41.3 Å². The third-order valence-corrected chi connectivity index (χ3v) is 4.66. The van der Waals surface area contributed by atoms with E-state index in [4.69, 9.17) is 12.2 Å². The van der Waals surface area contributed by atoms with Gasteiger partial charge in [-0.2, -0.15) is 10.2 Å². The summed E-state index contributed by atoms with van der Waals surface area (Å²) in [5, 5.41) is 12.8. The zero-order chi connectivity index (χ0) is 14.8. The van der Waals surface area contributed by atoms with Crippen molar-refractivity contribution in [2.45, 2.75) is 26.7 Å². The summed E-state index contributed by atoms with van der Waals surface area (Å²) in [6, 6.07) is 10.2. The van der Waals surface area contributed by atoms with E-state index in [0.29, 0.717) is 0 Å². The van der Waals surface area contributed by atoms with Crippen molar-refractivity contribution in [3.8, 4) is 5.69 Å². The van der Waals surface area contributed by atoms with Gasteiger partial charge in [0.2, 0.25) is 0 Å². The summed E-state index contributed by atoms with van der Waals surface area (Å²) >= 11 is 6.61. The third kappa shape index (κ3) is 2.96. The molecule has 0 radical (unpaired) electrons. The molecule has 2 heterocycles. The Labute approximate surface area is 132 Å². The number of aryl methyl sites for hydroxylation is 2. The number of hydrogen-bond donors (Lipinski definition) is 1. The quantitative estimate of drug-likeness (QED) is 0.745. The van der Waals surface area contributed by atoms with Crippen LogP contribution in [0.1, 0.15) is 22.0 Å². The molecule has 0 saturated carbocycles. The standard InChI is InChI=1S/C15H16N4S2/c1-10-13(8-9-14-16-17-15(20)21-14)11(2)19(18-10)12-6-4-3-5-7-12/h3-7H,8-9H2,1-2H3,(H,17,20). The van der Waals surface area contributed by atoms with Gasteiger partial charge in [-0.15, -0.1) is 0 Å². The molecule has 0 fully saturated rings. The minimum absolute atomic E-state index is 0.735. The molecule has 0 bridgehead atoms. The number of nitrogens with one attached hydrogen (secondary N) is 1. The van der Waals surface area contributed by atoms with Crippen LogP contribution in [0.5, 0.6) is 0 Å². The predicted octanol–water partition coefficient (Wildman–Crippen LogP) is 3.79. The molecular formula is C15H16N4S2. The average molecular weight is 316 g/mol. The van der Waals surface area contributed by atoms with Gasteiger partial charge in [-0.25, -0.2) is 4.68 Å². The summed E-state index contributed by atoms with van der Waals surface area (Å²) in [6.45, 7) is 4.18. The molecule has 2 aromatic heterocycles. The Bertz CT molecular complexity index is 799. The van der Waals surface area contributed by atoms with Gasteiger partial charge in [-0.3, -0.25) is 5.10 Å². The first-order valence-electron chi connectivity index (χ1n) is 6.80. The van der Waals surface area contributed by atoms with Crippen molar-refractivity contribution in [1.82, 2.24) is 20.0 Å². The summed E-state index contributed by atoms with van der Waals surface area (Å²) < 4.78 is 2.75. The van der Waals surface area contributed by atoms with Crippen LogP contribution in [0.3, 0.4) is 0 Å². The number of para-hydroxylation sites is 1. The zero-order valence-corrected chi connectivity index (χ0v) is 13.6. The van der Waals surface area contributed by atoms with E-state index in [0.717, 1.165) is 33.2 Å². The van der Waals surface area contributed by atoms with Crippen LogP contribution in [0.15, 0.2) is 30.3 Å². The summed E-state index contributed by atoms with van der Waals surface area (Å²) in [4.78, 5) is 0. The van der Waals surface area contributed by atoms with Crippen LogP contribution in [-0.4, -0.2) is 20.0 Å². The molecule has 0 atom stereocenters. The van der Waals surface area contributed by atoms with Crippen molar-refractivity contribution in [1.29, 1.82) is 0 Å². The lowest BCUT2D eigenvalue weighted by Gasteiger charge is -2.04. The summed E-state index contributed by atoms with van der Waals surface area (Å²) in [5.41, 5.74) is 4.66. The van der Waals surface area contributed by atoms with Crippen LogP contribution in [0.4, 0.5) is 0 Å². The van der Waals surface area contributed by atoms with Gasteiger partial charge in [0.25, 0.3) is 0 Å². The number of aromatic nitrogens is 4. The zero-order valence-electron chi connectivity index (χ0n) is 12.0. The number of rotatable bonds is 4. The highest BCUT2D eigenvalue weighted by Crippen LogP contribution is 2.20. The Hall–Kier alpha value is -1.79. The van der Waals surface area contributed by atoms with Crippen molar-refractivity contribution >= 4 is 23.6 Å². The van der Waals surface area contributed by atoms with Crippen molar-refractivity contribution < 1.29 is 0 Å². The second-order valence-corrected chi connectivity index (χ2v) is 6.65. The molecule has 4 nitrogen and oxygen atoms in total. The third-order valence-electron chi connectivity index (χ3n) is 3.51. The Morgan fingerprint density at radius 1 is 1.19 bits per heavy atom. The molecule has 3 rings (SSSR count). The molecule has 0 amide bonds. The summed E-state index contributed by atoms with van der Waals surface area (Å²) in [7, 11) is 0. The van der Waals surface area contributed by atoms with E-state index >= 15 is 0 Å². The number of aromatic amines is 1. The Morgan fingerprint density at radius 2 is 1.95 bits per heavy atom. The monoisotopic (exact) mass is 316 g/mol. The molecule has 6 heteroatoms. The van der Waals surface area contributed by atoms with E-state index in [1.165, 1.54) is 11.3 Å². The van der Waals surface area contributed by atoms with Gasteiger partial charge >= 0.3 is 0 Å². The lowest BCUT2D eigenvalue weighted by molar-refractivity contribution is 0.831. The first kappa shape index (κ1) is 14.2. The molecule has 0 spiro atoms. The number of benzene rings is 1. The molecule has 108 valence electrons. The maximum absolute atomic E-state index is 5.07. The van der Waals surface area contributed by atoms with Gasteiger partial charge in [0.15, 0.2) is 3.95 Å². The SMILES string of the molecule is Cc1nn(-c2ccccc2)c(C)c1CCc1n[nH]c(=S)s1. The van der Waals surface area contributed by atoms with Crippen LogP contribution in [0.25, 0.3) is 5.69 Å². The van der Waals surface area contributed by atoms with Gasteiger partial charge in [-0.1, -0.05) is 29.5 Å². The van der Waals surface area contributed by atoms with Crippen LogP contribution in [-0.2, 0) is 12.8 Å². The molecule has 3 aromatic rings. The van der Waals surface area contributed by atoms with E-state index in [-0.39, 0.29) is 0 Å². The molecule has 0 aliphatic heterocycles. The summed E-state index contributed by atoms with van der Waals surface area (Å²) in [5.74, 6) is 0. The second-order valence-electron chi connectivity index (χ2n) is 4.90. The Balaban J connectivity index is 1.86. The molecule has 1 N–H and O–H groups in total. The van der Waals surface area contributed by atoms with E-state index in [9.17, 15) is 0 Å². The molecule has 1 aromatic carbocycles. The van der Waals surface area contributed by atoms with Crippen molar-refractivity contribution in [2.75, 3.05) is 0 Å². The maximum Gasteiger partial charge on any atom is 0.176 e. The van der Waals surface area contributed by atoms with E-state index < -0.39 is 0 Å². The molecule has 0 unspecified atom stereocenters. The lowest BCUT2D eigenvalue weighted by Crippen LogP contribution is -1.99. The van der Waals surface area contributed by atoms with Crippen molar-refractivity contribution in [3.63, 3.8) is 0 Å². The largest absolute Gasteiger partial charge is 0.258 e. The van der Waals surface area contributed by atoms with Gasteiger partial charge in [-0.05, 0) is 50.2 Å². The minimum atomic E-state index is 0.735. The van der Waals surface area contributed by atoms with Crippen molar-refractivity contribution in [2.24, 2.45) is 0 Å². The average Bonchev–Trinajstić information content (AvgIpc) is 3.02. The fourth-order valence-electron chi connectivity index (χ4n) is 2.46. The van der Waals surface area contributed by atoms with Gasteiger partial charge in [0.05, 0.1) is 11.4 Å². The molecule has 0 saturated heterocycles. The fourth-order valence-corrected chi connectivity index (χ4v) is 3.39.